The lowest BCUT2D eigenvalue weighted by atomic mass is 9.98. The monoisotopic (exact) mass is 142 g/mol. The SMILES string of the molecule is C=C(C(C)C)[C@H](N)C(N)=O. The van der Waals surface area contributed by atoms with E-state index in [4.69, 9.17) is 11.5 Å². The van der Waals surface area contributed by atoms with Crippen molar-refractivity contribution in [3.8, 4) is 0 Å². The van der Waals surface area contributed by atoms with Gasteiger partial charge in [0, 0.05) is 0 Å². The molecule has 4 N–H and O–H groups in total. The van der Waals surface area contributed by atoms with Crippen molar-refractivity contribution in [2.24, 2.45) is 17.4 Å². The largest absolute Gasteiger partial charge is 0.368 e. The number of hydrogen-bond acceptors (Lipinski definition) is 2. The molecule has 0 spiro atoms. The third-order valence-electron chi connectivity index (χ3n) is 1.45. The zero-order valence-corrected chi connectivity index (χ0v) is 6.42. The van der Waals surface area contributed by atoms with Gasteiger partial charge >= 0.3 is 0 Å². The Morgan fingerprint density at radius 1 is 1.50 bits per heavy atom. The summed E-state index contributed by atoms with van der Waals surface area (Å²) >= 11 is 0. The summed E-state index contributed by atoms with van der Waals surface area (Å²) in [5.41, 5.74) is 11.0. The van der Waals surface area contributed by atoms with E-state index in [0.29, 0.717) is 5.57 Å². The first-order valence-corrected chi connectivity index (χ1v) is 3.20. The van der Waals surface area contributed by atoms with Crippen LogP contribution in [0.1, 0.15) is 13.8 Å². The normalized spacial score (nSPS) is 13.2. The Balaban J connectivity index is 4.08. The van der Waals surface area contributed by atoms with Crippen molar-refractivity contribution < 1.29 is 4.79 Å². The zero-order chi connectivity index (χ0) is 8.31. The van der Waals surface area contributed by atoms with Crippen LogP contribution in [0.15, 0.2) is 12.2 Å². The lowest BCUT2D eigenvalue weighted by molar-refractivity contribution is -0.118. The summed E-state index contributed by atoms with van der Waals surface area (Å²) in [5.74, 6) is -0.304. The maximum Gasteiger partial charge on any atom is 0.238 e. The minimum absolute atomic E-state index is 0.211. The van der Waals surface area contributed by atoms with E-state index in [9.17, 15) is 4.79 Å². The van der Waals surface area contributed by atoms with Crippen LogP contribution < -0.4 is 11.5 Å². The predicted octanol–water partition coefficient (Wildman–Crippen LogP) is 0.0112. The van der Waals surface area contributed by atoms with Gasteiger partial charge < -0.3 is 11.5 Å². The summed E-state index contributed by atoms with van der Waals surface area (Å²) in [4.78, 5) is 10.5. The summed E-state index contributed by atoms with van der Waals surface area (Å²) < 4.78 is 0. The van der Waals surface area contributed by atoms with Crippen molar-refractivity contribution >= 4 is 5.91 Å². The number of hydrogen-bond donors (Lipinski definition) is 2. The summed E-state index contributed by atoms with van der Waals surface area (Å²) in [6, 6.07) is -0.694. The second kappa shape index (κ2) is 3.37. The molecule has 0 saturated carbocycles. The van der Waals surface area contributed by atoms with Crippen LogP contribution in [0, 0.1) is 5.92 Å². The highest BCUT2D eigenvalue weighted by atomic mass is 16.1. The molecule has 0 aliphatic heterocycles. The third-order valence-corrected chi connectivity index (χ3v) is 1.45. The van der Waals surface area contributed by atoms with Crippen LogP contribution in [0.5, 0.6) is 0 Å². The van der Waals surface area contributed by atoms with Gasteiger partial charge in [0.2, 0.25) is 5.91 Å². The van der Waals surface area contributed by atoms with Gasteiger partial charge in [0.15, 0.2) is 0 Å². The molecule has 0 aromatic heterocycles. The highest BCUT2D eigenvalue weighted by molar-refractivity contribution is 5.82. The molecule has 0 aromatic rings. The third kappa shape index (κ3) is 2.19. The Morgan fingerprint density at radius 3 is 2.00 bits per heavy atom. The van der Waals surface area contributed by atoms with E-state index < -0.39 is 11.9 Å². The van der Waals surface area contributed by atoms with Crippen LogP contribution in [-0.4, -0.2) is 11.9 Å². The molecule has 3 nitrogen and oxygen atoms in total. The highest BCUT2D eigenvalue weighted by Crippen LogP contribution is 2.08. The van der Waals surface area contributed by atoms with Gasteiger partial charge in [0.25, 0.3) is 0 Å². The number of nitrogens with two attached hydrogens (primary N) is 2. The van der Waals surface area contributed by atoms with Crippen molar-refractivity contribution in [3.63, 3.8) is 0 Å². The number of rotatable bonds is 3. The van der Waals surface area contributed by atoms with Gasteiger partial charge in [-0.1, -0.05) is 20.4 Å². The predicted molar refractivity (Wildman–Crippen MR) is 41.1 cm³/mol. The van der Waals surface area contributed by atoms with Gasteiger partial charge in [-0.2, -0.15) is 0 Å². The molecule has 0 radical (unpaired) electrons. The fourth-order valence-corrected chi connectivity index (χ4v) is 0.542. The number of carbonyl (C=O) groups is 1. The average molecular weight is 142 g/mol. The first-order valence-electron chi connectivity index (χ1n) is 3.20. The van der Waals surface area contributed by atoms with E-state index in [1.54, 1.807) is 0 Å². The molecule has 0 aliphatic carbocycles. The van der Waals surface area contributed by atoms with Crippen LogP contribution in [0.4, 0.5) is 0 Å². The summed E-state index contributed by atoms with van der Waals surface area (Å²) in [6.07, 6.45) is 0. The van der Waals surface area contributed by atoms with Gasteiger partial charge in [-0.25, -0.2) is 0 Å². The maximum absolute atomic E-state index is 10.5. The van der Waals surface area contributed by atoms with Crippen LogP contribution in [0.2, 0.25) is 0 Å². The molecule has 0 fully saturated rings. The molecule has 0 saturated heterocycles. The van der Waals surface area contributed by atoms with Crippen LogP contribution in [0.3, 0.4) is 0 Å². The fraction of sp³-hybridized carbons (Fsp3) is 0.571. The molecular formula is C7H14N2O. The smallest absolute Gasteiger partial charge is 0.238 e. The molecule has 10 heavy (non-hydrogen) atoms. The summed E-state index contributed by atoms with van der Waals surface area (Å²) in [5, 5.41) is 0. The van der Waals surface area contributed by atoms with E-state index in [1.165, 1.54) is 0 Å². The Kier molecular flexibility index (Phi) is 3.09. The van der Waals surface area contributed by atoms with Crippen molar-refractivity contribution in [3.05, 3.63) is 12.2 Å². The molecule has 0 unspecified atom stereocenters. The minimum Gasteiger partial charge on any atom is -0.368 e. The van der Waals surface area contributed by atoms with Crippen LogP contribution >= 0.6 is 0 Å². The Labute approximate surface area is 61.1 Å². The Hall–Kier alpha value is -0.830. The quantitative estimate of drug-likeness (QED) is 0.545. The second-order valence-corrected chi connectivity index (χ2v) is 2.61. The topological polar surface area (TPSA) is 69.1 Å². The fourth-order valence-electron chi connectivity index (χ4n) is 0.542. The zero-order valence-electron chi connectivity index (χ0n) is 6.42. The van der Waals surface area contributed by atoms with E-state index in [0.717, 1.165) is 0 Å². The first kappa shape index (κ1) is 9.17. The van der Waals surface area contributed by atoms with Crippen molar-refractivity contribution in [2.75, 3.05) is 0 Å². The molecule has 3 heteroatoms. The van der Waals surface area contributed by atoms with Crippen LogP contribution in [0.25, 0.3) is 0 Å². The van der Waals surface area contributed by atoms with E-state index in [2.05, 4.69) is 6.58 Å². The second-order valence-electron chi connectivity index (χ2n) is 2.61. The Bertz CT molecular complexity index is 152. The molecule has 0 heterocycles. The number of primary amides is 1. The van der Waals surface area contributed by atoms with Crippen molar-refractivity contribution in [1.82, 2.24) is 0 Å². The molecule has 58 valence electrons. The molecular weight excluding hydrogens is 128 g/mol. The van der Waals surface area contributed by atoms with E-state index >= 15 is 0 Å². The van der Waals surface area contributed by atoms with Gasteiger partial charge in [0.1, 0.15) is 6.04 Å². The van der Waals surface area contributed by atoms with Gasteiger partial charge in [-0.3, -0.25) is 4.79 Å². The Morgan fingerprint density at radius 2 is 1.90 bits per heavy atom. The molecule has 0 aromatic carbocycles. The molecule has 1 atom stereocenters. The number of amides is 1. The first-order chi connectivity index (χ1) is 4.46. The molecule has 0 rings (SSSR count). The molecule has 0 bridgehead atoms. The lowest BCUT2D eigenvalue weighted by Crippen LogP contribution is -2.39. The minimum atomic E-state index is -0.694. The standard InChI is InChI=1S/C7H14N2O/c1-4(2)5(3)6(8)7(9)10/h4,6H,3,8H2,1-2H3,(H2,9,10)/t6-/m0/s1. The highest BCUT2D eigenvalue weighted by Gasteiger charge is 2.14. The summed E-state index contributed by atoms with van der Waals surface area (Å²) in [6.45, 7) is 7.49. The van der Waals surface area contributed by atoms with E-state index in [-0.39, 0.29) is 5.92 Å². The lowest BCUT2D eigenvalue weighted by Gasteiger charge is -2.13. The van der Waals surface area contributed by atoms with Gasteiger partial charge in [-0.05, 0) is 11.5 Å². The average Bonchev–Trinajstić information content (AvgIpc) is 1.84. The van der Waals surface area contributed by atoms with Crippen molar-refractivity contribution in [2.45, 2.75) is 19.9 Å². The van der Waals surface area contributed by atoms with Gasteiger partial charge in [-0.15, -0.1) is 0 Å². The van der Waals surface area contributed by atoms with Crippen molar-refractivity contribution in [1.29, 1.82) is 0 Å². The van der Waals surface area contributed by atoms with E-state index in [1.807, 2.05) is 13.8 Å². The van der Waals surface area contributed by atoms with Gasteiger partial charge in [0.05, 0.1) is 0 Å². The molecule has 1 amide bonds. The molecule has 0 aliphatic rings. The summed E-state index contributed by atoms with van der Waals surface area (Å²) in [7, 11) is 0. The number of carbonyl (C=O) groups excluding carboxylic acids is 1. The maximum atomic E-state index is 10.5. The van der Waals surface area contributed by atoms with Crippen LogP contribution in [-0.2, 0) is 4.79 Å².